The fourth-order valence-electron chi connectivity index (χ4n) is 2.22. The summed E-state index contributed by atoms with van der Waals surface area (Å²) in [5.41, 5.74) is 2.00. The molecule has 94 valence electrons. The second-order valence-electron chi connectivity index (χ2n) is 5.03. The van der Waals surface area contributed by atoms with Crippen LogP contribution in [0.25, 0.3) is 0 Å². The van der Waals surface area contributed by atoms with Gasteiger partial charge in [0, 0.05) is 11.6 Å². The maximum absolute atomic E-state index is 12.0. The lowest BCUT2D eigenvalue weighted by Gasteiger charge is -2.10. The highest BCUT2D eigenvalue weighted by atomic mass is 16.1. The summed E-state index contributed by atoms with van der Waals surface area (Å²) in [6, 6.07) is 0.402. The molecule has 2 rings (SSSR count). The Morgan fingerprint density at radius 3 is 2.82 bits per heavy atom. The van der Waals surface area contributed by atoms with E-state index < -0.39 is 0 Å². The highest BCUT2D eigenvalue weighted by Crippen LogP contribution is 2.15. The standard InChI is InChI=1S/C13H21N3O/c1-9(2)14-8-12-15-11-7-5-3-4-6-10(11)13(17)16-12/h9,14H,3-8H2,1-2H3,(H,15,16,17). The third kappa shape index (κ3) is 3.16. The molecular formula is C13H21N3O. The largest absolute Gasteiger partial charge is 0.309 e. The first kappa shape index (κ1) is 12.3. The van der Waals surface area contributed by atoms with E-state index in [1.54, 1.807) is 0 Å². The Hall–Kier alpha value is -1.16. The van der Waals surface area contributed by atoms with Crippen molar-refractivity contribution in [3.63, 3.8) is 0 Å². The average molecular weight is 235 g/mol. The zero-order chi connectivity index (χ0) is 12.3. The maximum Gasteiger partial charge on any atom is 0.254 e. The zero-order valence-corrected chi connectivity index (χ0v) is 10.7. The summed E-state index contributed by atoms with van der Waals surface area (Å²) in [6.45, 7) is 4.81. The number of nitrogens with one attached hydrogen (secondary N) is 2. The summed E-state index contributed by atoms with van der Waals surface area (Å²) >= 11 is 0. The molecule has 1 aliphatic rings. The Labute approximate surface area is 102 Å². The quantitative estimate of drug-likeness (QED) is 0.781. The van der Waals surface area contributed by atoms with E-state index in [9.17, 15) is 4.79 Å². The van der Waals surface area contributed by atoms with E-state index >= 15 is 0 Å². The molecule has 0 aromatic carbocycles. The van der Waals surface area contributed by atoms with Gasteiger partial charge in [-0.1, -0.05) is 20.3 Å². The van der Waals surface area contributed by atoms with Gasteiger partial charge in [-0.3, -0.25) is 4.79 Å². The Morgan fingerprint density at radius 1 is 1.29 bits per heavy atom. The number of nitrogens with zero attached hydrogens (tertiary/aromatic N) is 1. The fraction of sp³-hybridized carbons (Fsp3) is 0.692. The van der Waals surface area contributed by atoms with Crippen LogP contribution in [-0.4, -0.2) is 16.0 Å². The second-order valence-corrected chi connectivity index (χ2v) is 5.03. The van der Waals surface area contributed by atoms with Gasteiger partial charge in [-0.2, -0.15) is 0 Å². The summed E-state index contributed by atoms with van der Waals surface area (Å²) in [5, 5.41) is 3.28. The lowest BCUT2D eigenvalue weighted by atomic mass is 10.1. The van der Waals surface area contributed by atoms with Crippen molar-refractivity contribution in [1.29, 1.82) is 0 Å². The van der Waals surface area contributed by atoms with E-state index in [0.29, 0.717) is 12.6 Å². The highest BCUT2D eigenvalue weighted by Gasteiger charge is 2.14. The SMILES string of the molecule is CC(C)NCc1nc2c(c(=O)[nH]1)CCCCC2. The molecule has 0 spiro atoms. The molecule has 0 saturated carbocycles. The number of aryl methyl sites for hydroxylation is 1. The third-order valence-corrected chi connectivity index (χ3v) is 3.17. The van der Waals surface area contributed by atoms with Gasteiger partial charge in [-0.15, -0.1) is 0 Å². The molecule has 0 saturated heterocycles. The van der Waals surface area contributed by atoms with Crippen LogP contribution in [0.1, 0.15) is 50.2 Å². The molecule has 0 radical (unpaired) electrons. The van der Waals surface area contributed by atoms with Crippen molar-refractivity contribution < 1.29 is 0 Å². The predicted octanol–water partition coefficient (Wildman–Crippen LogP) is 1.54. The topological polar surface area (TPSA) is 57.8 Å². The second kappa shape index (κ2) is 5.45. The lowest BCUT2D eigenvalue weighted by Crippen LogP contribution is -2.27. The average Bonchev–Trinajstić information content (AvgIpc) is 2.51. The minimum Gasteiger partial charge on any atom is -0.309 e. The van der Waals surface area contributed by atoms with Crippen LogP contribution in [0.3, 0.4) is 0 Å². The first-order valence-corrected chi connectivity index (χ1v) is 6.51. The van der Waals surface area contributed by atoms with E-state index in [0.717, 1.165) is 42.8 Å². The molecule has 0 unspecified atom stereocenters. The van der Waals surface area contributed by atoms with Gasteiger partial charge in [0.05, 0.1) is 12.2 Å². The van der Waals surface area contributed by atoms with E-state index in [-0.39, 0.29) is 5.56 Å². The van der Waals surface area contributed by atoms with Crippen LogP contribution in [0.5, 0.6) is 0 Å². The summed E-state index contributed by atoms with van der Waals surface area (Å²) in [6.07, 6.45) is 5.31. The lowest BCUT2D eigenvalue weighted by molar-refractivity contribution is 0.568. The van der Waals surface area contributed by atoms with Gasteiger partial charge >= 0.3 is 0 Å². The van der Waals surface area contributed by atoms with Crippen LogP contribution in [0.2, 0.25) is 0 Å². The van der Waals surface area contributed by atoms with Crippen LogP contribution in [-0.2, 0) is 19.4 Å². The van der Waals surface area contributed by atoms with Crippen LogP contribution in [0, 0.1) is 0 Å². The summed E-state index contributed by atoms with van der Waals surface area (Å²) in [7, 11) is 0. The molecule has 0 fully saturated rings. The number of H-pyrrole nitrogens is 1. The molecule has 4 nitrogen and oxygen atoms in total. The smallest absolute Gasteiger partial charge is 0.254 e. The molecule has 1 aromatic rings. The van der Waals surface area contributed by atoms with Crippen LogP contribution in [0.4, 0.5) is 0 Å². The molecule has 1 aliphatic carbocycles. The Bertz CT molecular complexity index is 437. The number of fused-ring (bicyclic) bond motifs is 1. The van der Waals surface area contributed by atoms with Gasteiger partial charge in [-0.05, 0) is 25.7 Å². The number of hydrogen-bond donors (Lipinski definition) is 2. The first-order valence-electron chi connectivity index (χ1n) is 6.51. The van der Waals surface area contributed by atoms with E-state index in [4.69, 9.17) is 0 Å². The van der Waals surface area contributed by atoms with Crippen molar-refractivity contribution in [2.24, 2.45) is 0 Å². The normalized spacial score (nSPS) is 15.7. The number of hydrogen-bond acceptors (Lipinski definition) is 3. The molecule has 0 aliphatic heterocycles. The van der Waals surface area contributed by atoms with E-state index in [1.165, 1.54) is 6.42 Å². The van der Waals surface area contributed by atoms with Crippen LogP contribution in [0.15, 0.2) is 4.79 Å². The van der Waals surface area contributed by atoms with Gasteiger partial charge in [0.15, 0.2) is 0 Å². The molecule has 4 heteroatoms. The van der Waals surface area contributed by atoms with Gasteiger partial charge in [0.1, 0.15) is 5.82 Å². The van der Waals surface area contributed by atoms with Crippen molar-refractivity contribution in [3.8, 4) is 0 Å². The van der Waals surface area contributed by atoms with Crippen LogP contribution < -0.4 is 10.9 Å². The third-order valence-electron chi connectivity index (χ3n) is 3.17. The molecule has 1 aromatic heterocycles. The molecule has 1 heterocycles. The summed E-state index contributed by atoms with van der Waals surface area (Å²) < 4.78 is 0. The summed E-state index contributed by atoms with van der Waals surface area (Å²) in [5.74, 6) is 0.768. The fourth-order valence-corrected chi connectivity index (χ4v) is 2.22. The molecule has 0 amide bonds. The van der Waals surface area contributed by atoms with Crippen molar-refractivity contribution in [3.05, 3.63) is 27.4 Å². The minimum atomic E-state index is 0.0671. The maximum atomic E-state index is 12.0. The monoisotopic (exact) mass is 235 g/mol. The van der Waals surface area contributed by atoms with Crippen molar-refractivity contribution >= 4 is 0 Å². The van der Waals surface area contributed by atoms with E-state index in [1.807, 2.05) is 0 Å². The minimum absolute atomic E-state index is 0.0671. The van der Waals surface area contributed by atoms with Gasteiger partial charge < -0.3 is 10.3 Å². The molecule has 2 N–H and O–H groups in total. The molecule has 0 atom stereocenters. The van der Waals surface area contributed by atoms with Crippen molar-refractivity contribution in [1.82, 2.24) is 15.3 Å². The highest BCUT2D eigenvalue weighted by molar-refractivity contribution is 5.19. The van der Waals surface area contributed by atoms with Crippen molar-refractivity contribution in [2.45, 2.75) is 58.5 Å². The summed E-state index contributed by atoms with van der Waals surface area (Å²) in [4.78, 5) is 19.4. The van der Waals surface area contributed by atoms with Crippen molar-refractivity contribution in [2.75, 3.05) is 0 Å². The van der Waals surface area contributed by atoms with Gasteiger partial charge in [-0.25, -0.2) is 4.98 Å². The van der Waals surface area contributed by atoms with E-state index in [2.05, 4.69) is 29.1 Å². The van der Waals surface area contributed by atoms with Gasteiger partial charge in [0.25, 0.3) is 5.56 Å². The number of aromatic nitrogens is 2. The zero-order valence-electron chi connectivity index (χ0n) is 10.7. The number of rotatable bonds is 3. The molecular weight excluding hydrogens is 214 g/mol. The van der Waals surface area contributed by atoms with Crippen LogP contribution >= 0.6 is 0 Å². The Morgan fingerprint density at radius 2 is 2.06 bits per heavy atom. The Kier molecular flexibility index (Phi) is 3.94. The first-order chi connectivity index (χ1) is 8.16. The molecule has 0 bridgehead atoms. The Balaban J connectivity index is 2.23. The number of aromatic amines is 1. The molecule has 17 heavy (non-hydrogen) atoms. The predicted molar refractivity (Wildman–Crippen MR) is 68.1 cm³/mol. The van der Waals surface area contributed by atoms with Gasteiger partial charge in [0.2, 0.25) is 0 Å².